The Morgan fingerprint density at radius 2 is 1.49 bits per heavy atom. The predicted octanol–water partition coefficient (Wildman–Crippen LogP) is 8.55. The average Bonchev–Trinajstić information content (AvgIpc) is 3.58. The van der Waals surface area contributed by atoms with Crippen LogP contribution in [0.15, 0.2) is 97.2 Å². The third-order valence-corrected chi connectivity index (χ3v) is 13.5. The van der Waals surface area contributed by atoms with Crippen molar-refractivity contribution in [3.8, 4) is 11.5 Å². The minimum atomic E-state index is -4.38. The number of phenolic OH excluding ortho intramolecular Hbond substituents is 1. The molecule has 12 heteroatoms. The Labute approximate surface area is 355 Å². The van der Waals surface area contributed by atoms with Crippen LogP contribution in [0.5, 0.6) is 11.5 Å². The highest BCUT2D eigenvalue weighted by Crippen LogP contribution is 2.48. The van der Waals surface area contributed by atoms with Crippen molar-refractivity contribution in [1.29, 1.82) is 0 Å². The zero-order valence-corrected chi connectivity index (χ0v) is 34.3. The summed E-state index contributed by atoms with van der Waals surface area (Å²) < 4.78 is 52.9. The summed E-state index contributed by atoms with van der Waals surface area (Å²) in [6, 6.07) is 24.8. The zero-order chi connectivity index (χ0) is 42.3. The topological polar surface area (TPSA) is 94.6 Å². The molecular formula is C49H53F3N4O5. The number of carbonyl (C=O) groups excluding carboxylic acids is 2. The SMILES string of the molecule is C=C1CCC(N2Cc3cc(N4CCN(CCOC5CCC(Oc6ccc([C@@H]7c8ccc(O)cc8CC[C@@H]7c7ccc(C(F)(F)F)cc7)cc6)CC5)CC4)ccc3C2=O)C(=O)N1. The number of benzene rings is 4. The second-order valence-corrected chi connectivity index (χ2v) is 17.3. The van der Waals surface area contributed by atoms with Gasteiger partial charge in [0.15, 0.2) is 0 Å². The number of hydrogen-bond acceptors (Lipinski definition) is 7. The highest BCUT2D eigenvalue weighted by molar-refractivity contribution is 6.01. The summed E-state index contributed by atoms with van der Waals surface area (Å²) in [5.74, 6) is 0.711. The minimum Gasteiger partial charge on any atom is -0.508 e. The molecule has 3 fully saturated rings. The van der Waals surface area contributed by atoms with Crippen LogP contribution in [0.25, 0.3) is 0 Å². The lowest BCUT2D eigenvalue weighted by Crippen LogP contribution is -2.49. The molecular weight excluding hydrogens is 782 g/mol. The second kappa shape index (κ2) is 17.2. The van der Waals surface area contributed by atoms with Crippen LogP contribution in [0.4, 0.5) is 18.9 Å². The summed E-state index contributed by atoms with van der Waals surface area (Å²) >= 11 is 0. The molecule has 9 rings (SSSR count). The Kier molecular flexibility index (Phi) is 11.6. The number of allylic oxidation sites excluding steroid dienone is 1. The molecule has 3 heterocycles. The molecule has 2 amide bonds. The van der Waals surface area contributed by atoms with Gasteiger partial charge in [-0.3, -0.25) is 14.5 Å². The number of rotatable bonds is 10. The van der Waals surface area contributed by atoms with E-state index >= 15 is 0 Å². The summed E-state index contributed by atoms with van der Waals surface area (Å²) in [5.41, 5.74) is 6.94. The lowest BCUT2D eigenvalue weighted by molar-refractivity contribution is -0.137. The number of amides is 2. The molecule has 0 aromatic heterocycles. The van der Waals surface area contributed by atoms with Gasteiger partial charge < -0.3 is 29.7 Å². The number of ether oxygens (including phenoxy) is 2. The molecule has 4 aromatic rings. The van der Waals surface area contributed by atoms with Gasteiger partial charge in [-0.15, -0.1) is 0 Å². The van der Waals surface area contributed by atoms with Gasteiger partial charge in [-0.05, 0) is 140 Å². The fourth-order valence-corrected chi connectivity index (χ4v) is 10.2. The molecule has 61 heavy (non-hydrogen) atoms. The van der Waals surface area contributed by atoms with E-state index in [1.54, 1.807) is 29.2 Å². The Morgan fingerprint density at radius 3 is 2.21 bits per heavy atom. The maximum atomic E-state index is 13.4. The lowest BCUT2D eigenvalue weighted by atomic mass is 9.69. The van der Waals surface area contributed by atoms with Crippen LogP contribution in [0, 0.1) is 0 Å². The maximum absolute atomic E-state index is 13.4. The first-order chi connectivity index (χ1) is 29.5. The first-order valence-electron chi connectivity index (χ1n) is 21.7. The Hall–Kier alpha value is -5.33. The Morgan fingerprint density at radius 1 is 0.770 bits per heavy atom. The number of nitrogens with zero attached hydrogens (tertiary/aromatic N) is 3. The van der Waals surface area contributed by atoms with Crippen molar-refractivity contribution in [2.75, 3.05) is 44.2 Å². The minimum absolute atomic E-state index is 0.0102. The summed E-state index contributed by atoms with van der Waals surface area (Å²) in [6.07, 6.45) is 2.41. The van der Waals surface area contributed by atoms with Crippen LogP contribution in [-0.4, -0.2) is 84.3 Å². The summed E-state index contributed by atoms with van der Waals surface area (Å²) in [6.45, 7) is 9.54. The van der Waals surface area contributed by atoms with Gasteiger partial charge in [0, 0.05) is 62.1 Å². The quantitative estimate of drug-likeness (QED) is 0.166. The van der Waals surface area contributed by atoms with Gasteiger partial charge in [0.2, 0.25) is 5.91 Å². The van der Waals surface area contributed by atoms with E-state index in [0.29, 0.717) is 37.3 Å². The van der Waals surface area contributed by atoms with Gasteiger partial charge in [-0.25, -0.2) is 0 Å². The molecule has 2 aliphatic carbocycles. The van der Waals surface area contributed by atoms with E-state index in [9.17, 15) is 27.9 Å². The van der Waals surface area contributed by atoms with Gasteiger partial charge in [0.05, 0.1) is 24.4 Å². The first-order valence-corrected chi connectivity index (χ1v) is 21.7. The number of halogens is 3. The molecule has 4 aromatic carbocycles. The summed E-state index contributed by atoms with van der Waals surface area (Å²) in [5, 5.41) is 13.0. The number of phenols is 1. The number of aromatic hydroxyl groups is 1. The highest BCUT2D eigenvalue weighted by atomic mass is 19.4. The van der Waals surface area contributed by atoms with Crippen molar-refractivity contribution < 1.29 is 37.3 Å². The van der Waals surface area contributed by atoms with Crippen LogP contribution in [-0.2, 0) is 28.7 Å². The van der Waals surface area contributed by atoms with E-state index in [2.05, 4.69) is 39.9 Å². The van der Waals surface area contributed by atoms with Crippen LogP contribution >= 0.6 is 0 Å². The number of piperazine rings is 1. The molecule has 9 nitrogen and oxygen atoms in total. The monoisotopic (exact) mass is 834 g/mol. The number of anilines is 1. The van der Waals surface area contributed by atoms with Crippen molar-refractivity contribution >= 4 is 17.5 Å². The van der Waals surface area contributed by atoms with Crippen molar-refractivity contribution in [2.45, 2.75) is 94.2 Å². The van der Waals surface area contributed by atoms with E-state index in [1.165, 1.54) is 12.1 Å². The molecule has 5 aliphatic rings. The van der Waals surface area contributed by atoms with Gasteiger partial charge in [0.25, 0.3) is 5.91 Å². The molecule has 1 unspecified atom stereocenters. The van der Waals surface area contributed by atoms with Crippen molar-refractivity contribution in [1.82, 2.24) is 15.1 Å². The van der Waals surface area contributed by atoms with Crippen LogP contribution < -0.4 is 15.0 Å². The molecule has 0 bridgehead atoms. The average molecular weight is 835 g/mol. The third-order valence-electron chi connectivity index (χ3n) is 13.5. The number of hydrogen-bond donors (Lipinski definition) is 2. The molecule has 3 aliphatic heterocycles. The Balaban J connectivity index is 0.726. The van der Waals surface area contributed by atoms with Crippen molar-refractivity contribution in [3.05, 3.63) is 136 Å². The number of nitrogens with one attached hydrogen (secondary N) is 1. The first kappa shape index (κ1) is 41.0. The number of alkyl halides is 3. The third kappa shape index (κ3) is 8.88. The molecule has 320 valence electrons. The number of aryl methyl sites for hydroxylation is 1. The second-order valence-electron chi connectivity index (χ2n) is 17.3. The lowest BCUT2D eigenvalue weighted by Gasteiger charge is -2.36. The van der Waals surface area contributed by atoms with Crippen molar-refractivity contribution in [2.24, 2.45) is 0 Å². The van der Waals surface area contributed by atoms with Gasteiger partial charge >= 0.3 is 6.18 Å². The van der Waals surface area contributed by atoms with E-state index in [4.69, 9.17) is 9.47 Å². The van der Waals surface area contributed by atoms with E-state index in [-0.39, 0.29) is 41.6 Å². The number of carbonyl (C=O) groups is 2. The van der Waals surface area contributed by atoms with Gasteiger partial charge in [-0.2, -0.15) is 13.2 Å². The van der Waals surface area contributed by atoms with Crippen LogP contribution in [0.2, 0.25) is 0 Å². The number of piperidine rings is 1. The molecule has 0 spiro atoms. The Bertz CT molecular complexity index is 2250. The standard InChI is InChI=1S/C49H53F3N4O5/c1-31-2-21-45(47(58)53-31)56-30-35-28-37(10-19-44(35)48(56)59)55-24-22-54(23-25-55)26-27-60-39-14-16-41(17-15-39)61-40-12-5-33(6-13-40)46-42(18-7-34-29-38(57)11-20-43(34)46)32-3-8-36(9-4-32)49(50,51)52/h3-6,8-13,19-20,28-29,39,41-42,45-46,57H,1-2,7,14-18,21-27,30H2,(H,53,58)/t39?,41?,42-,45?,46+/m1/s1. The van der Waals surface area contributed by atoms with E-state index in [1.807, 2.05) is 30.3 Å². The molecule has 2 saturated heterocycles. The van der Waals surface area contributed by atoms with Gasteiger partial charge in [-0.1, -0.05) is 36.9 Å². The largest absolute Gasteiger partial charge is 0.508 e. The smallest absolute Gasteiger partial charge is 0.416 e. The highest BCUT2D eigenvalue weighted by Gasteiger charge is 2.39. The normalized spacial score (nSPS) is 24.6. The molecule has 0 radical (unpaired) electrons. The molecule has 3 atom stereocenters. The fraction of sp³-hybridized carbons (Fsp3) is 0.429. The summed E-state index contributed by atoms with van der Waals surface area (Å²) in [7, 11) is 0. The van der Waals surface area contributed by atoms with E-state index < -0.39 is 17.8 Å². The fourth-order valence-electron chi connectivity index (χ4n) is 10.2. The van der Waals surface area contributed by atoms with E-state index in [0.717, 1.165) is 111 Å². The zero-order valence-electron chi connectivity index (χ0n) is 34.3. The maximum Gasteiger partial charge on any atom is 0.416 e. The molecule has 1 saturated carbocycles. The van der Waals surface area contributed by atoms with Crippen LogP contribution in [0.3, 0.4) is 0 Å². The number of fused-ring (bicyclic) bond motifs is 2. The van der Waals surface area contributed by atoms with Crippen LogP contribution in [0.1, 0.15) is 101 Å². The molecule has 2 N–H and O–H groups in total. The summed E-state index contributed by atoms with van der Waals surface area (Å²) in [4.78, 5) is 32.3. The van der Waals surface area contributed by atoms with Crippen molar-refractivity contribution in [3.63, 3.8) is 0 Å². The predicted molar refractivity (Wildman–Crippen MR) is 227 cm³/mol. The van der Waals surface area contributed by atoms with Gasteiger partial charge in [0.1, 0.15) is 17.5 Å².